The summed E-state index contributed by atoms with van der Waals surface area (Å²) in [6, 6.07) is 5.32. The average Bonchev–Trinajstić information content (AvgIpc) is 2.23. The number of carbonyl (C=O) groups excluding carboxylic acids is 1. The molecule has 1 aromatic carbocycles. The molecule has 2 rings (SSSR count). The van der Waals surface area contributed by atoms with Crippen molar-refractivity contribution in [3.8, 4) is 0 Å². The maximum Gasteiger partial charge on any atom is 0.243 e. The molecule has 0 radical (unpaired) electrons. The number of piperidine rings is 1. The van der Waals surface area contributed by atoms with Crippen molar-refractivity contribution in [2.75, 3.05) is 11.4 Å². The van der Waals surface area contributed by atoms with E-state index in [-0.39, 0.29) is 11.9 Å². The van der Waals surface area contributed by atoms with E-state index >= 15 is 0 Å². The van der Waals surface area contributed by atoms with Gasteiger partial charge in [0.25, 0.3) is 0 Å². The number of halogens is 1. The van der Waals surface area contributed by atoms with Crippen LogP contribution < -0.4 is 10.6 Å². The molecule has 1 atom stereocenters. The molecule has 1 unspecified atom stereocenters. The second-order valence-corrected chi connectivity index (χ2v) is 4.60. The molecule has 0 spiro atoms. The first-order valence-corrected chi connectivity index (χ1v) is 5.80. The van der Waals surface area contributed by atoms with E-state index in [9.17, 15) is 4.79 Å². The lowest BCUT2D eigenvalue weighted by molar-refractivity contribution is -0.120. The summed E-state index contributed by atoms with van der Waals surface area (Å²) in [4.78, 5) is 13.6. The number of aryl methyl sites for hydroxylation is 1. The van der Waals surface area contributed by atoms with Crippen LogP contribution in [0.3, 0.4) is 0 Å². The number of benzene rings is 1. The smallest absolute Gasteiger partial charge is 0.243 e. The van der Waals surface area contributed by atoms with Gasteiger partial charge in [-0.3, -0.25) is 4.79 Å². The molecule has 1 heterocycles. The SMILES string of the molecule is Cc1ccc(N2CCCC(N)C2=O)c(Cl)c1. The Morgan fingerprint density at radius 1 is 1.50 bits per heavy atom. The highest BCUT2D eigenvalue weighted by molar-refractivity contribution is 6.34. The van der Waals surface area contributed by atoms with E-state index in [0.29, 0.717) is 11.6 Å². The fraction of sp³-hybridized carbons (Fsp3) is 0.417. The van der Waals surface area contributed by atoms with Crippen molar-refractivity contribution in [1.29, 1.82) is 0 Å². The number of nitrogens with two attached hydrogens (primary N) is 1. The number of nitrogens with zero attached hydrogens (tertiary/aromatic N) is 1. The zero-order valence-electron chi connectivity index (χ0n) is 9.24. The molecular weight excluding hydrogens is 224 g/mol. The van der Waals surface area contributed by atoms with Gasteiger partial charge in [-0.25, -0.2) is 0 Å². The van der Waals surface area contributed by atoms with Gasteiger partial charge in [-0.1, -0.05) is 17.7 Å². The van der Waals surface area contributed by atoms with E-state index < -0.39 is 0 Å². The van der Waals surface area contributed by atoms with E-state index in [1.165, 1.54) is 0 Å². The Morgan fingerprint density at radius 2 is 2.25 bits per heavy atom. The van der Waals surface area contributed by atoms with Gasteiger partial charge in [0.2, 0.25) is 5.91 Å². The third-order valence-electron chi connectivity index (χ3n) is 2.87. The summed E-state index contributed by atoms with van der Waals surface area (Å²) in [5.74, 6) is -0.0306. The van der Waals surface area contributed by atoms with Crippen molar-refractivity contribution in [3.63, 3.8) is 0 Å². The lowest BCUT2D eigenvalue weighted by atomic mass is 10.0. The Hall–Kier alpha value is -1.06. The molecule has 3 nitrogen and oxygen atoms in total. The number of hydrogen-bond acceptors (Lipinski definition) is 2. The third-order valence-corrected chi connectivity index (χ3v) is 3.18. The average molecular weight is 239 g/mol. The van der Waals surface area contributed by atoms with E-state index in [2.05, 4.69) is 0 Å². The van der Waals surface area contributed by atoms with Crippen molar-refractivity contribution in [1.82, 2.24) is 0 Å². The van der Waals surface area contributed by atoms with Crippen LogP contribution >= 0.6 is 11.6 Å². The van der Waals surface area contributed by atoms with Crippen LogP contribution in [0.15, 0.2) is 18.2 Å². The number of rotatable bonds is 1. The van der Waals surface area contributed by atoms with Crippen molar-refractivity contribution in [2.24, 2.45) is 5.73 Å². The predicted molar refractivity (Wildman–Crippen MR) is 65.8 cm³/mol. The highest BCUT2D eigenvalue weighted by Crippen LogP contribution is 2.29. The maximum atomic E-state index is 11.9. The molecule has 1 saturated heterocycles. The zero-order chi connectivity index (χ0) is 11.7. The first-order valence-electron chi connectivity index (χ1n) is 5.42. The number of hydrogen-bond donors (Lipinski definition) is 1. The first kappa shape index (κ1) is 11.4. The first-order chi connectivity index (χ1) is 7.59. The minimum absolute atomic E-state index is 0.0306. The molecule has 0 saturated carbocycles. The summed E-state index contributed by atoms with van der Waals surface area (Å²) in [5, 5.41) is 0.613. The summed E-state index contributed by atoms with van der Waals surface area (Å²) in [7, 11) is 0. The molecule has 1 aromatic rings. The Balaban J connectivity index is 2.32. The molecular formula is C12H15ClN2O. The Kier molecular flexibility index (Phi) is 3.17. The fourth-order valence-corrected chi connectivity index (χ4v) is 2.31. The molecule has 2 N–H and O–H groups in total. The Morgan fingerprint density at radius 3 is 2.94 bits per heavy atom. The van der Waals surface area contributed by atoms with Gasteiger partial charge in [0.05, 0.1) is 16.8 Å². The van der Waals surface area contributed by atoms with Crippen LogP contribution in [0, 0.1) is 6.92 Å². The molecule has 0 aromatic heterocycles. The second kappa shape index (κ2) is 4.44. The molecule has 16 heavy (non-hydrogen) atoms. The highest BCUT2D eigenvalue weighted by Gasteiger charge is 2.27. The molecule has 4 heteroatoms. The monoisotopic (exact) mass is 238 g/mol. The lowest BCUT2D eigenvalue weighted by Gasteiger charge is -2.31. The minimum Gasteiger partial charge on any atom is -0.320 e. The van der Waals surface area contributed by atoms with Gasteiger partial charge in [0.15, 0.2) is 0 Å². The minimum atomic E-state index is -0.383. The van der Waals surface area contributed by atoms with Gasteiger partial charge in [-0.15, -0.1) is 0 Å². The lowest BCUT2D eigenvalue weighted by Crippen LogP contribution is -2.48. The van der Waals surface area contributed by atoms with Gasteiger partial charge in [-0.2, -0.15) is 0 Å². The molecule has 0 bridgehead atoms. The van der Waals surface area contributed by atoms with Gasteiger partial charge >= 0.3 is 0 Å². The molecule has 0 aliphatic carbocycles. The van der Waals surface area contributed by atoms with Crippen molar-refractivity contribution < 1.29 is 4.79 Å². The number of amides is 1. The van der Waals surface area contributed by atoms with Gasteiger partial charge in [0, 0.05) is 6.54 Å². The molecule has 86 valence electrons. The van der Waals surface area contributed by atoms with Crippen LogP contribution in [0.4, 0.5) is 5.69 Å². The Labute approximate surface area is 100 Å². The van der Waals surface area contributed by atoms with Crippen LogP contribution in [0.5, 0.6) is 0 Å². The van der Waals surface area contributed by atoms with E-state index in [4.69, 9.17) is 17.3 Å². The molecule has 1 fully saturated rings. The fourth-order valence-electron chi connectivity index (χ4n) is 1.97. The third kappa shape index (κ3) is 2.06. The molecule has 1 amide bonds. The van der Waals surface area contributed by atoms with Crippen LogP contribution in [-0.2, 0) is 4.79 Å². The van der Waals surface area contributed by atoms with E-state index in [1.54, 1.807) is 4.90 Å². The van der Waals surface area contributed by atoms with E-state index in [0.717, 1.165) is 24.1 Å². The summed E-state index contributed by atoms with van der Waals surface area (Å²) < 4.78 is 0. The quantitative estimate of drug-likeness (QED) is 0.815. The number of carbonyl (C=O) groups is 1. The molecule has 1 aliphatic rings. The normalized spacial score (nSPS) is 21.3. The summed E-state index contributed by atoms with van der Waals surface area (Å²) >= 11 is 6.14. The number of anilines is 1. The largest absolute Gasteiger partial charge is 0.320 e. The van der Waals surface area contributed by atoms with E-state index in [1.807, 2.05) is 25.1 Å². The summed E-state index contributed by atoms with van der Waals surface area (Å²) in [5.41, 5.74) is 7.61. The maximum absolute atomic E-state index is 11.9. The topological polar surface area (TPSA) is 46.3 Å². The molecule has 1 aliphatic heterocycles. The summed E-state index contributed by atoms with van der Waals surface area (Å²) in [6.07, 6.45) is 1.69. The zero-order valence-corrected chi connectivity index (χ0v) is 10.00. The van der Waals surface area contributed by atoms with Gasteiger partial charge in [-0.05, 0) is 37.5 Å². The standard InChI is InChI=1S/C12H15ClN2O/c1-8-4-5-11(9(13)7-8)15-6-2-3-10(14)12(15)16/h4-5,7,10H,2-3,6,14H2,1H3. The predicted octanol–water partition coefficient (Wildman–Crippen LogP) is 2.10. The van der Waals surface area contributed by atoms with Crippen molar-refractivity contribution >= 4 is 23.2 Å². The Bertz CT molecular complexity index is 419. The second-order valence-electron chi connectivity index (χ2n) is 4.19. The highest BCUT2D eigenvalue weighted by atomic mass is 35.5. The van der Waals surface area contributed by atoms with Gasteiger partial charge < -0.3 is 10.6 Å². The van der Waals surface area contributed by atoms with Crippen molar-refractivity contribution in [2.45, 2.75) is 25.8 Å². The van der Waals surface area contributed by atoms with Crippen LogP contribution in [0.25, 0.3) is 0 Å². The van der Waals surface area contributed by atoms with Gasteiger partial charge in [0.1, 0.15) is 0 Å². The van der Waals surface area contributed by atoms with Crippen LogP contribution in [0.2, 0.25) is 5.02 Å². The van der Waals surface area contributed by atoms with Crippen molar-refractivity contribution in [3.05, 3.63) is 28.8 Å². The summed E-state index contributed by atoms with van der Waals surface area (Å²) in [6.45, 7) is 2.68. The van der Waals surface area contributed by atoms with Crippen LogP contribution in [-0.4, -0.2) is 18.5 Å². The van der Waals surface area contributed by atoms with Crippen LogP contribution in [0.1, 0.15) is 18.4 Å².